The molecule has 4 nitrogen and oxygen atoms in total. The van der Waals surface area contributed by atoms with Gasteiger partial charge in [-0.05, 0) is 31.3 Å². The number of aliphatic hydroxyl groups excluding tert-OH is 1. The second kappa shape index (κ2) is 6.86. The first-order valence-corrected chi connectivity index (χ1v) is 6.09. The lowest BCUT2D eigenvalue weighted by Crippen LogP contribution is -2.41. The quantitative estimate of drug-likeness (QED) is 0.506. The van der Waals surface area contributed by atoms with E-state index < -0.39 is 6.10 Å². The average molecular weight is 294 g/mol. The maximum absolute atomic E-state index is 9.06. The summed E-state index contributed by atoms with van der Waals surface area (Å²) in [6.07, 6.45) is -0.473. The summed E-state index contributed by atoms with van der Waals surface area (Å²) in [7, 11) is 0. The zero-order chi connectivity index (χ0) is 12.8. The predicted octanol–water partition coefficient (Wildman–Crippen LogP) is 2.17. The fourth-order valence-electron chi connectivity index (χ4n) is 1.02. The Hall–Kier alpha value is -0.750. The van der Waals surface area contributed by atoms with E-state index in [0.29, 0.717) is 27.4 Å². The van der Waals surface area contributed by atoms with E-state index in [-0.39, 0.29) is 0 Å². The molecular weight excluding hydrogens is 281 g/mol. The molecule has 0 heterocycles. The first kappa shape index (κ1) is 14.3. The summed E-state index contributed by atoms with van der Waals surface area (Å²) in [6, 6.07) is 5.17. The number of hydrazine groups is 1. The molecule has 1 unspecified atom stereocenters. The van der Waals surface area contributed by atoms with Crippen LogP contribution >= 0.6 is 35.4 Å². The lowest BCUT2D eigenvalue weighted by Gasteiger charge is -2.15. The Morgan fingerprint density at radius 2 is 2.00 bits per heavy atom. The molecule has 1 aromatic carbocycles. The molecule has 1 rings (SSSR count). The van der Waals surface area contributed by atoms with Crippen molar-refractivity contribution in [3.8, 4) is 0 Å². The number of hydrogen-bond donors (Lipinski definition) is 4. The van der Waals surface area contributed by atoms with Crippen molar-refractivity contribution < 1.29 is 5.11 Å². The number of nitrogens with one attached hydrogen (secondary N) is 3. The predicted molar refractivity (Wildman–Crippen MR) is 75.5 cm³/mol. The Kier molecular flexibility index (Phi) is 5.77. The largest absolute Gasteiger partial charge is 0.392 e. The molecule has 0 radical (unpaired) electrons. The number of hydrogen-bond acceptors (Lipinski definition) is 3. The van der Waals surface area contributed by atoms with E-state index in [0.717, 1.165) is 0 Å². The van der Waals surface area contributed by atoms with Crippen LogP contribution in [0, 0.1) is 0 Å². The maximum Gasteiger partial charge on any atom is 0.185 e. The maximum atomic E-state index is 9.06. The Balaban J connectivity index is 2.47. The van der Waals surface area contributed by atoms with E-state index >= 15 is 0 Å². The zero-order valence-corrected chi connectivity index (χ0v) is 11.5. The Morgan fingerprint density at radius 3 is 2.53 bits per heavy atom. The summed E-state index contributed by atoms with van der Waals surface area (Å²) < 4.78 is 0. The van der Waals surface area contributed by atoms with E-state index in [9.17, 15) is 0 Å². The lowest BCUT2D eigenvalue weighted by molar-refractivity contribution is 0.198. The van der Waals surface area contributed by atoms with Gasteiger partial charge >= 0.3 is 0 Å². The highest BCUT2D eigenvalue weighted by Crippen LogP contribution is 2.28. The van der Waals surface area contributed by atoms with Gasteiger partial charge in [-0.15, -0.1) is 0 Å². The van der Waals surface area contributed by atoms with Crippen molar-refractivity contribution in [2.75, 3.05) is 12.0 Å². The molecule has 0 aliphatic carbocycles. The van der Waals surface area contributed by atoms with Gasteiger partial charge in [0.05, 0.1) is 21.8 Å². The number of para-hydroxylation sites is 1. The fraction of sp³-hybridized carbons (Fsp3) is 0.300. The van der Waals surface area contributed by atoms with E-state index in [1.807, 2.05) is 0 Å². The summed E-state index contributed by atoms with van der Waals surface area (Å²) in [4.78, 5) is 0. The number of halogens is 2. The highest BCUT2D eigenvalue weighted by molar-refractivity contribution is 7.80. The molecule has 0 saturated carbocycles. The van der Waals surface area contributed by atoms with Crippen LogP contribution in [0.3, 0.4) is 0 Å². The number of rotatable bonds is 4. The van der Waals surface area contributed by atoms with Gasteiger partial charge in [0.1, 0.15) is 0 Å². The van der Waals surface area contributed by atoms with E-state index in [1.54, 1.807) is 25.1 Å². The van der Waals surface area contributed by atoms with Gasteiger partial charge in [-0.2, -0.15) is 0 Å². The molecule has 7 heteroatoms. The molecule has 0 bridgehead atoms. The fourth-order valence-corrected chi connectivity index (χ4v) is 1.65. The third-order valence-electron chi connectivity index (χ3n) is 1.82. The number of anilines is 1. The summed E-state index contributed by atoms with van der Waals surface area (Å²) in [6.45, 7) is 2.03. The van der Waals surface area contributed by atoms with Crippen LogP contribution in [0.2, 0.25) is 10.0 Å². The van der Waals surface area contributed by atoms with Crippen LogP contribution in [-0.2, 0) is 0 Å². The number of thiocarbonyl (C=S) groups is 1. The van der Waals surface area contributed by atoms with E-state index in [1.165, 1.54) is 0 Å². The molecule has 4 N–H and O–H groups in total. The van der Waals surface area contributed by atoms with Crippen LogP contribution in [0.25, 0.3) is 0 Å². The minimum atomic E-state index is -0.473. The lowest BCUT2D eigenvalue weighted by atomic mass is 10.3. The standard InChI is InChI=1S/C10H13Cl2N3OS/c1-6(16)5-13-10(17)15-14-9-7(11)3-2-4-8(9)12/h2-4,6,14,16H,5H2,1H3,(H2,13,15,17). The van der Waals surface area contributed by atoms with Crippen molar-refractivity contribution in [3.05, 3.63) is 28.2 Å². The first-order chi connectivity index (χ1) is 8.00. The van der Waals surface area contributed by atoms with Crippen molar-refractivity contribution >= 4 is 46.2 Å². The molecule has 0 spiro atoms. The van der Waals surface area contributed by atoms with Gasteiger partial charge in [0.15, 0.2) is 5.11 Å². The highest BCUT2D eigenvalue weighted by atomic mass is 35.5. The van der Waals surface area contributed by atoms with Crippen LogP contribution < -0.4 is 16.2 Å². The van der Waals surface area contributed by atoms with Gasteiger partial charge in [0.25, 0.3) is 0 Å². The SMILES string of the molecule is CC(O)CNC(=S)NNc1c(Cl)cccc1Cl. The van der Waals surface area contributed by atoms with Gasteiger partial charge in [-0.3, -0.25) is 10.9 Å². The molecule has 0 saturated heterocycles. The van der Waals surface area contributed by atoms with Gasteiger partial charge in [-0.1, -0.05) is 29.3 Å². The summed E-state index contributed by atoms with van der Waals surface area (Å²) in [5.41, 5.74) is 6.08. The van der Waals surface area contributed by atoms with Crippen molar-refractivity contribution in [1.82, 2.24) is 10.7 Å². The Bertz CT molecular complexity index is 381. The highest BCUT2D eigenvalue weighted by Gasteiger charge is 2.05. The number of aliphatic hydroxyl groups is 1. The second-order valence-corrected chi connectivity index (χ2v) is 4.63. The van der Waals surface area contributed by atoms with Gasteiger partial charge < -0.3 is 10.4 Å². The Labute approximate surface area is 115 Å². The van der Waals surface area contributed by atoms with Crippen molar-refractivity contribution in [3.63, 3.8) is 0 Å². The normalized spacial score (nSPS) is 11.8. The Morgan fingerprint density at radius 1 is 1.41 bits per heavy atom. The van der Waals surface area contributed by atoms with Gasteiger partial charge in [0.2, 0.25) is 0 Å². The third-order valence-corrected chi connectivity index (χ3v) is 2.70. The van der Waals surface area contributed by atoms with Crippen LogP contribution in [0.1, 0.15) is 6.92 Å². The molecule has 0 fully saturated rings. The monoisotopic (exact) mass is 293 g/mol. The second-order valence-electron chi connectivity index (χ2n) is 3.41. The zero-order valence-electron chi connectivity index (χ0n) is 9.13. The van der Waals surface area contributed by atoms with Gasteiger partial charge in [-0.25, -0.2) is 0 Å². The van der Waals surface area contributed by atoms with Crippen LogP contribution in [0.15, 0.2) is 18.2 Å². The third kappa shape index (κ3) is 4.95. The molecular formula is C10H13Cl2N3OS. The van der Waals surface area contributed by atoms with Crippen molar-refractivity contribution in [1.29, 1.82) is 0 Å². The van der Waals surface area contributed by atoms with E-state index in [2.05, 4.69) is 16.2 Å². The first-order valence-electron chi connectivity index (χ1n) is 4.92. The molecule has 0 aromatic heterocycles. The van der Waals surface area contributed by atoms with Crippen molar-refractivity contribution in [2.24, 2.45) is 0 Å². The molecule has 94 valence electrons. The summed E-state index contributed by atoms with van der Waals surface area (Å²) in [5, 5.41) is 13.2. The van der Waals surface area contributed by atoms with Crippen LogP contribution in [-0.4, -0.2) is 22.9 Å². The minimum Gasteiger partial charge on any atom is -0.392 e. The summed E-state index contributed by atoms with van der Waals surface area (Å²) in [5.74, 6) is 0. The molecule has 0 aliphatic rings. The van der Waals surface area contributed by atoms with Crippen molar-refractivity contribution in [2.45, 2.75) is 13.0 Å². The molecule has 17 heavy (non-hydrogen) atoms. The van der Waals surface area contributed by atoms with Crippen LogP contribution in [0.4, 0.5) is 5.69 Å². The van der Waals surface area contributed by atoms with Crippen LogP contribution in [0.5, 0.6) is 0 Å². The smallest absolute Gasteiger partial charge is 0.185 e. The average Bonchev–Trinajstić information content (AvgIpc) is 2.25. The molecule has 0 amide bonds. The number of benzene rings is 1. The molecule has 0 aliphatic heterocycles. The van der Waals surface area contributed by atoms with E-state index in [4.69, 9.17) is 40.5 Å². The molecule has 1 atom stereocenters. The molecule has 1 aromatic rings. The topological polar surface area (TPSA) is 56.3 Å². The summed E-state index contributed by atoms with van der Waals surface area (Å²) >= 11 is 16.9. The van der Waals surface area contributed by atoms with Gasteiger partial charge in [0, 0.05) is 6.54 Å². The minimum absolute atomic E-state index is 0.349.